The van der Waals surface area contributed by atoms with Crippen molar-refractivity contribution in [3.63, 3.8) is 0 Å². The SMILES string of the molecule is CC1([C@@]2(O)O[C@H](CO)[C@@H](O)[C@H](O)[C@H]2O)C=CC=CC1Cc1ccc(C#Cc2cncnc2)cc1. The molecule has 2 unspecified atom stereocenters. The molecule has 0 bridgehead atoms. The molecule has 1 aromatic heterocycles. The molecule has 0 spiro atoms. The van der Waals surface area contributed by atoms with Crippen LogP contribution in [0.15, 0.2) is 67.3 Å². The molecule has 1 saturated heterocycles. The first-order chi connectivity index (χ1) is 16.3. The second kappa shape index (κ2) is 9.76. The van der Waals surface area contributed by atoms with Crippen LogP contribution in [0.25, 0.3) is 0 Å². The Morgan fingerprint density at radius 2 is 1.65 bits per heavy atom. The van der Waals surface area contributed by atoms with Gasteiger partial charge in [0.25, 0.3) is 0 Å². The number of allylic oxidation sites excluding steroid dienone is 3. The lowest BCUT2D eigenvalue weighted by Gasteiger charge is -2.55. The van der Waals surface area contributed by atoms with Crippen molar-refractivity contribution in [3.8, 4) is 11.8 Å². The van der Waals surface area contributed by atoms with E-state index in [2.05, 4.69) is 21.8 Å². The highest BCUT2D eigenvalue weighted by molar-refractivity contribution is 5.42. The van der Waals surface area contributed by atoms with Crippen LogP contribution in [0.3, 0.4) is 0 Å². The molecule has 0 saturated carbocycles. The summed E-state index contributed by atoms with van der Waals surface area (Å²) in [5.41, 5.74) is 1.34. The third-order valence-corrected chi connectivity index (χ3v) is 6.73. The normalized spacial score (nSPS) is 34.9. The quantitative estimate of drug-likeness (QED) is 0.409. The van der Waals surface area contributed by atoms with Crippen LogP contribution >= 0.6 is 0 Å². The van der Waals surface area contributed by atoms with Gasteiger partial charge in [0, 0.05) is 23.4 Å². The molecule has 2 aromatic rings. The Kier molecular flexibility index (Phi) is 6.96. The van der Waals surface area contributed by atoms with Gasteiger partial charge in [-0.1, -0.05) is 55.2 Å². The van der Waals surface area contributed by atoms with Crippen LogP contribution in [0.5, 0.6) is 0 Å². The second-order valence-electron chi connectivity index (χ2n) is 8.87. The van der Waals surface area contributed by atoms with Crippen LogP contribution in [-0.2, 0) is 11.2 Å². The van der Waals surface area contributed by atoms with Gasteiger partial charge in [-0.05, 0) is 30.0 Å². The summed E-state index contributed by atoms with van der Waals surface area (Å²) in [6.07, 6.45) is 6.21. The average molecular weight is 465 g/mol. The number of hydrogen-bond donors (Lipinski definition) is 5. The number of aliphatic hydroxyl groups excluding tert-OH is 4. The minimum atomic E-state index is -2.24. The van der Waals surface area contributed by atoms with E-state index in [9.17, 15) is 25.5 Å². The minimum Gasteiger partial charge on any atom is -0.394 e. The molecule has 1 aromatic carbocycles. The molecule has 0 radical (unpaired) electrons. The van der Waals surface area contributed by atoms with Crippen LogP contribution in [0, 0.1) is 23.2 Å². The minimum absolute atomic E-state index is 0.322. The van der Waals surface area contributed by atoms with Crippen molar-refractivity contribution in [1.82, 2.24) is 9.97 Å². The zero-order valence-corrected chi connectivity index (χ0v) is 18.7. The van der Waals surface area contributed by atoms with Gasteiger partial charge in [0.15, 0.2) is 0 Å². The zero-order valence-electron chi connectivity index (χ0n) is 18.7. The van der Waals surface area contributed by atoms with Crippen LogP contribution in [0.4, 0.5) is 0 Å². The smallest absolute Gasteiger partial charge is 0.204 e. The number of rotatable bonds is 4. The van der Waals surface area contributed by atoms with Gasteiger partial charge >= 0.3 is 0 Å². The summed E-state index contributed by atoms with van der Waals surface area (Å²) in [7, 11) is 0. The number of hydrogen-bond acceptors (Lipinski definition) is 8. The predicted octanol–water partition coefficient (Wildman–Crippen LogP) is 0.330. The summed E-state index contributed by atoms with van der Waals surface area (Å²) >= 11 is 0. The van der Waals surface area contributed by atoms with Gasteiger partial charge in [0.05, 0.1) is 12.2 Å². The topological polar surface area (TPSA) is 136 Å². The van der Waals surface area contributed by atoms with Crippen molar-refractivity contribution in [2.45, 2.75) is 43.5 Å². The molecule has 178 valence electrons. The highest BCUT2D eigenvalue weighted by Gasteiger charge is 2.62. The first-order valence-electron chi connectivity index (χ1n) is 11.1. The largest absolute Gasteiger partial charge is 0.394 e. The molecular weight excluding hydrogens is 436 g/mol. The Hall–Kier alpha value is -2.90. The molecule has 2 aliphatic rings. The van der Waals surface area contributed by atoms with Crippen LogP contribution in [-0.4, -0.2) is 72.3 Å². The first-order valence-corrected chi connectivity index (χ1v) is 11.1. The van der Waals surface area contributed by atoms with Gasteiger partial charge in [-0.3, -0.25) is 0 Å². The van der Waals surface area contributed by atoms with Gasteiger partial charge in [-0.25, -0.2) is 9.97 Å². The number of benzene rings is 1. The van der Waals surface area contributed by atoms with Crippen LogP contribution in [0.1, 0.15) is 23.6 Å². The van der Waals surface area contributed by atoms with Crippen molar-refractivity contribution in [1.29, 1.82) is 0 Å². The van der Waals surface area contributed by atoms with E-state index >= 15 is 0 Å². The molecule has 5 N–H and O–H groups in total. The van der Waals surface area contributed by atoms with Crippen molar-refractivity contribution in [3.05, 3.63) is 84.0 Å². The number of aliphatic hydroxyl groups is 5. The van der Waals surface area contributed by atoms with E-state index in [0.717, 1.165) is 11.1 Å². The maximum absolute atomic E-state index is 11.5. The Bertz CT molecular complexity index is 1110. The number of aromatic nitrogens is 2. The molecule has 2 heterocycles. The van der Waals surface area contributed by atoms with Gasteiger partial charge in [-0.15, -0.1) is 0 Å². The van der Waals surface area contributed by atoms with Crippen LogP contribution < -0.4 is 0 Å². The molecule has 7 atom stereocenters. The summed E-state index contributed by atoms with van der Waals surface area (Å²) in [6, 6.07) is 7.67. The highest BCUT2D eigenvalue weighted by Crippen LogP contribution is 2.49. The van der Waals surface area contributed by atoms with Crippen molar-refractivity contribution >= 4 is 0 Å². The van der Waals surface area contributed by atoms with Gasteiger partial charge < -0.3 is 30.3 Å². The maximum atomic E-state index is 11.5. The monoisotopic (exact) mass is 464 g/mol. The lowest BCUT2D eigenvalue weighted by atomic mass is 9.63. The Balaban J connectivity index is 1.56. The van der Waals surface area contributed by atoms with E-state index in [1.165, 1.54) is 6.33 Å². The van der Waals surface area contributed by atoms with Crippen molar-refractivity contribution in [2.24, 2.45) is 11.3 Å². The Morgan fingerprint density at radius 1 is 0.971 bits per heavy atom. The van der Waals surface area contributed by atoms with E-state index in [-0.39, 0.29) is 5.92 Å². The van der Waals surface area contributed by atoms with E-state index in [1.807, 2.05) is 36.4 Å². The lowest BCUT2D eigenvalue weighted by molar-refractivity contribution is -0.384. The molecule has 4 rings (SSSR count). The summed E-state index contributed by atoms with van der Waals surface area (Å²) in [5, 5.41) is 52.3. The third kappa shape index (κ3) is 4.42. The molecular formula is C26H28N2O6. The van der Waals surface area contributed by atoms with E-state index in [0.29, 0.717) is 12.0 Å². The summed E-state index contributed by atoms with van der Waals surface area (Å²) < 4.78 is 5.65. The number of nitrogens with zero attached hydrogens (tertiary/aromatic N) is 2. The fourth-order valence-corrected chi connectivity index (χ4v) is 4.53. The lowest BCUT2D eigenvalue weighted by Crippen LogP contribution is -2.71. The third-order valence-electron chi connectivity index (χ3n) is 6.73. The molecule has 1 fully saturated rings. The van der Waals surface area contributed by atoms with E-state index < -0.39 is 42.2 Å². The molecule has 8 nitrogen and oxygen atoms in total. The van der Waals surface area contributed by atoms with Crippen molar-refractivity contribution in [2.75, 3.05) is 6.61 Å². The van der Waals surface area contributed by atoms with E-state index in [4.69, 9.17) is 4.74 Å². The second-order valence-corrected chi connectivity index (χ2v) is 8.87. The number of ether oxygens (including phenoxy) is 1. The fraction of sp³-hybridized carbons (Fsp3) is 0.385. The molecule has 34 heavy (non-hydrogen) atoms. The standard InChI is InChI=1S/C26H28N2O6/c1-25(26(33)24(32)23(31)22(30)21(15-29)34-26)11-3-2-4-20(25)12-18-8-5-17(6-9-18)7-10-19-13-27-16-28-14-19/h2-6,8-9,11,13-14,16,20-24,29-33H,12,15H2,1H3/t20?,21-,22-,23+,24-,25?,26+/m1/s1. The summed E-state index contributed by atoms with van der Waals surface area (Å²) in [4.78, 5) is 7.88. The van der Waals surface area contributed by atoms with E-state index in [1.54, 1.807) is 31.5 Å². The molecule has 1 aliphatic heterocycles. The molecule has 1 aliphatic carbocycles. The molecule has 8 heteroatoms. The molecule has 0 amide bonds. The fourth-order valence-electron chi connectivity index (χ4n) is 4.53. The zero-order chi connectivity index (χ0) is 24.3. The van der Waals surface area contributed by atoms with Gasteiger partial charge in [0.1, 0.15) is 30.7 Å². The Morgan fingerprint density at radius 3 is 2.32 bits per heavy atom. The van der Waals surface area contributed by atoms with Gasteiger partial charge in [0.2, 0.25) is 5.79 Å². The highest BCUT2D eigenvalue weighted by atomic mass is 16.7. The summed E-state index contributed by atoms with van der Waals surface area (Å²) in [5.74, 6) is 3.51. The van der Waals surface area contributed by atoms with Crippen LogP contribution in [0.2, 0.25) is 0 Å². The summed E-state index contributed by atoms with van der Waals surface area (Å²) in [6.45, 7) is 1.10. The first kappa shape index (κ1) is 24.2. The predicted molar refractivity (Wildman–Crippen MR) is 123 cm³/mol. The maximum Gasteiger partial charge on any atom is 0.204 e. The van der Waals surface area contributed by atoms with Crippen molar-refractivity contribution < 1.29 is 30.3 Å². The average Bonchev–Trinajstić information content (AvgIpc) is 2.86. The van der Waals surface area contributed by atoms with Gasteiger partial charge in [-0.2, -0.15) is 0 Å². The Labute approximate surface area is 197 Å².